The molecule has 0 saturated carbocycles. The Bertz CT molecular complexity index is 442. The Morgan fingerprint density at radius 3 is 2.67 bits per heavy atom. The van der Waals surface area contributed by atoms with Gasteiger partial charge in [-0.2, -0.15) is 0 Å². The molecule has 4 nitrogen and oxygen atoms in total. The maximum absolute atomic E-state index is 11.4. The van der Waals surface area contributed by atoms with Crippen LogP contribution in [-0.2, 0) is 20.2 Å². The van der Waals surface area contributed by atoms with Gasteiger partial charge >= 0.3 is 0 Å². The van der Waals surface area contributed by atoms with E-state index in [9.17, 15) is 4.79 Å². The first-order valence-electron chi connectivity index (χ1n) is 5.84. The third-order valence-electron chi connectivity index (χ3n) is 2.69. The van der Waals surface area contributed by atoms with E-state index in [1.165, 1.54) is 6.92 Å². The van der Waals surface area contributed by atoms with Crippen molar-refractivity contribution in [2.75, 3.05) is 13.2 Å². The lowest BCUT2D eigenvalue weighted by Gasteiger charge is -2.39. The minimum Gasteiger partial charge on any atom is -0.329 e. The molecule has 1 aliphatic heterocycles. The summed E-state index contributed by atoms with van der Waals surface area (Å²) in [6.07, 6.45) is 0. The third-order valence-corrected chi connectivity index (χ3v) is 2.92. The smallest absolute Gasteiger partial charge is 0.280 e. The molecule has 1 aromatic carbocycles. The number of ether oxygens (including phenoxy) is 2. The molecule has 0 aromatic heterocycles. The number of carbonyl (C=O) groups is 1. The molecule has 0 radical (unpaired) electrons. The van der Waals surface area contributed by atoms with Crippen molar-refractivity contribution in [3.63, 3.8) is 0 Å². The highest BCUT2D eigenvalue weighted by Crippen LogP contribution is 2.31. The van der Waals surface area contributed by atoms with Crippen molar-refractivity contribution >= 4 is 17.5 Å². The largest absolute Gasteiger partial charge is 0.329 e. The maximum Gasteiger partial charge on any atom is 0.280 e. The number of amides is 1. The van der Waals surface area contributed by atoms with Gasteiger partial charge in [-0.15, -0.1) is 0 Å². The molecule has 2 rings (SSSR count). The fourth-order valence-electron chi connectivity index (χ4n) is 1.84. The molecule has 0 atom stereocenters. The fourth-order valence-corrected chi connectivity index (χ4v) is 2.04. The Morgan fingerprint density at radius 2 is 2.11 bits per heavy atom. The first-order chi connectivity index (χ1) is 8.52. The Hall–Kier alpha value is -1.10. The van der Waals surface area contributed by atoms with Crippen LogP contribution in [0.2, 0.25) is 5.02 Å². The quantitative estimate of drug-likeness (QED) is 0.896. The van der Waals surface area contributed by atoms with E-state index >= 15 is 0 Å². The summed E-state index contributed by atoms with van der Waals surface area (Å²) < 4.78 is 11.4. The van der Waals surface area contributed by atoms with Gasteiger partial charge in [0.1, 0.15) is 0 Å². The molecule has 5 heteroatoms. The lowest BCUT2D eigenvalue weighted by Crippen LogP contribution is -2.53. The number of hydrogen-bond acceptors (Lipinski definition) is 3. The maximum atomic E-state index is 11.4. The molecule has 0 aliphatic carbocycles. The summed E-state index contributed by atoms with van der Waals surface area (Å²) in [6, 6.07) is 7.11. The van der Waals surface area contributed by atoms with Gasteiger partial charge in [-0.1, -0.05) is 30.7 Å². The van der Waals surface area contributed by atoms with Crippen molar-refractivity contribution in [1.82, 2.24) is 5.32 Å². The third kappa shape index (κ3) is 2.83. The first-order valence-corrected chi connectivity index (χ1v) is 6.22. The highest BCUT2D eigenvalue weighted by Gasteiger charge is 2.39. The fraction of sp³-hybridized carbons (Fsp3) is 0.462. The van der Waals surface area contributed by atoms with E-state index in [1.54, 1.807) is 18.2 Å². The van der Waals surface area contributed by atoms with E-state index in [2.05, 4.69) is 5.32 Å². The zero-order valence-corrected chi connectivity index (χ0v) is 11.2. The zero-order chi connectivity index (χ0) is 13.2. The molecule has 1 fully saturated rings. The number of benzene rings is 1. The van der Waals surface area contributed by atoms with E-state index in [1.807, 2.05) is 13.0 Å². The second kappa shape index (κ2) is 5.26. The van der Waals surface area contributed by atoms with E-state index < -0.39 is 5.91 Å². The lowest BCUT2D eigenvalue weighted by atomic mass is 10.1. The second-order valence-electron chi connectivity index (χ2n) is 4.54. The van der Waals surface area contributed by atoms with E-state index in [4.69, 9.17) is 21.1 Å². The van der Waals surface area contributed by atoms with Gasteiger partial charge in [0.15, 0.2) is 0 Å². The van der Waals surface area contributed by atoms with Crippen molar-refractivity contribution < 1.29 is 14.3 Å². The zero-order valence-electron chi connectivity index (χ0n) is 10.4. The van der Waals surface area contributed by atoms with Crippen LogP contribution in [0.1, 0.15) is 19.4 Å². The lowest BCUT2D eigenvalue weighted by molar-refractivity contribution is -0.303. The monoisotopic (exact) mass is 269 g/mol. The molecular weight excluding hydrogens is 254 g/mol. The topological polar surface area (TPSA) is 47.6 Å². The molecule has 1 aromatic rings. The number of rotatable bonds is 2. The minimum atomic E-state index is -1.22. The minimum absolute atomic E-state index is 0.218. The van der Waals surface area contributed by atoms with Crippen LogP contribution in [0.5, 0.6) is 0 Å². The van der Waals surface area contributed by atoms with Gasteiger partial charge in [-0.25, -0.2) is 0 Å². The van der Waals surface area contributed by atoms with Gasteiger partial charge in [0.25, 0.3) is 5.91 Å². The molecule has 0 spiro atoms. The molecule has 1 N–H and O–H groups in total. The Balaban J connectivity index is 2.33. The Morgan fingerprint density at radius 1 is 1.44 bits per heavy atom. The molecule has 1 heterocycles. The highest BCUT2D eigenvalue weighted by molar-refractivity contribution is 6.30. The van der Waals surface area contributed by atoms with Gasteiger partial charge in [-0.3, -0.25) is 4.79 Å². The van der Waals surface area contributed by atoms with Gasteiger partial charge in [0, 0.05) is 23.4 Å². The van der Waals surface area contributed by atoms with Crippen LogP contribution in [0, 0.1) is 5.92 Å². The highest BCUT2D eigenvalue weighted by atomic mass is 35.5. The van der Waals surface area contributed by atoms with Crippen LogP contribution < -0.4 is 5.32 Å². The molecule has 98 valence electrons. The SMILES string of the molecule is CC(=O)NC1(c2cccc(Cl)c2)OCC(C)CO1. The summed E-state index contributed by atoms with van der Waals surface area (Å²) in [5.41, 5.74) is 0.692. The molecule has 1 amide bonds. The molecular formula is C13H16ClNO3. The predicted molar refractivity (Wildman–Crippen MR) is 68.0 cm³/mol. The summed E-state index contributed by atoms with van der Waals surface area (Å²) in [5.74, 6) is -1.14. The first kappa shape index (κ1) is 13.3. The van der Waals surface area contributed by atoms with Gasteiger partial charge in [0.2, 0.25) is 5.91 Å². The van der Waals surface area contributed by atoms with E-state index in [0.717, 1.165) is 0 Å². The normalized spacial score (nSPS) is 27.8. The summed E-state index contributed by atoms with van der Waals surface area (Å²) in [4.78, 5) is 11.4. The molecule has 18 heavy (non-hydrogen) atoms. The van der Waals surface area contributed by atoms with Crippen LogP contribution in [0.15, 0.2) is 24.3 Å². The van der Waals surface area contributed by atoms with Gasteiger partial charge in [0.05, 0.1) is 13.2 Å². The molecule has 0 bridgehead atoms. The predicted octanol–water partition coefficient (Wildman–Crippen LogP) is 2.27. The Kier molecular flexibility index (Phi) is 3.90. The van der Waals surface area contributed by atoms with E-state index in [0.29, 0.717) is 29.7 Å². The van der Waals surface area contributed by atoms with Crippen LogP contribution in [0.25, 0.3) is 0 Å². The number of carbonyl (C=O) groups excluding carboxylic acids is 1. The molecule has 1 saturated heterocycles. The average Bonchev–Trinajstić information content (AvgIpc) is 2.32. The second-order valence-corrected chi connectivity index (χ2v) is 4.97. The standard InChI is InChI=1S/C13H16ClNO3/c1-9-7-17-13(18-8-9,15-10(2)16)11-4-3-5-12(14)6-11/h3-6,9H,7-8H2,1-2H3,(H,15,16). The molecule has 0 unspecified atom stereocenters. The van der Waals surface area contributed by atoms with Crippen molar-refractivity contribution in [3.8, 4) is 0 Å². The van der Waals surface area contributed by atoms with Gasteiger partial charge in [-0.05, 0) is 12.1 Å². The summed E-state index contributed by atoms with van der Waals surface area (Å²) in [5, 5.41) is 3.29. The molecule has 1 aliphatic rings. The van der Waals surface area contributed by atoms with Crippen molar-refractivity contribution in [2.45, 2.75) is 19.8 Å². The number of hydrogen-bond donors (Lipinski definition) is 1. The number of nitrogens with one attached hydrogen (secondary N) is 1. The van der Waals surface area contributed by atoms with Crippen molar-refractivity contribution in [3.05, 3.63) is 34.9 Å². The summed E-state index contributed by atoms with van der Waals surface area (Å²) >= 11 is 5.97. The summed E-state index contributed by atoms with van der Waals surface area (Å²) in [7, 11) is 0. The van der Waals surface area contributed by atoms with Crippen LogP contribution in [0.4, 0.5) is 0 Å². The number of halogens is 1. The summed E-state index contributed by atoms with van der Waals surface area (Å²) in [6.45, 7) is 4.49. The van der Waals surface area contributed by atoms with Crippen molar-refractivity contribution in [1.29, 1.82) is 0 Å². The average molecular weight is 270 g/mol. The van der Waals surface area contributed by atoms with Crippen LogP contribution in [-0.4, -0.2) is 19.1 Å². The van der Waals surface area contributed by atoms with Gasteiger partial charge < -0.3 is 14.8 Å². The van der Waals surface area contributed by atoms with Crippen LogP contribution >= 0.6 is 11.6 Å². The Labute approximate surface area is 111 Å². The van der Waals surface area contributed by atoms with E-state index in [-0.39, 0.29) is 5.91 Å². The van der Waals surface area contributed by atoms with Crippen LogP contribution in [0.3, 0.4) is 0 Å². The van der Waals surface area contributed by atoms with Crippen molar-refractivity contribution in [2.24, 2.45) is 5.92 Å².